The summed E-state index contributed by atoms with van der Waals surface area (Å²) >= 11 is 0. The lowest BCUT2D eigenvalue weighted by Gasteiger charge is -2.16. The zero-order valence-corrected chi connectivity index (χ0v) is 12.1. The standard InChI is InChI=1S/C13H18N2O7/c1-6(2)12(19)21-5-7-9(17)10(18)11(22-7)15-4-3-8(16)14-13(15)20/h3-4,6-7,9-11,17-18H,5H2,1-2H3,(H,14,16,20)/t7-,9?,10+,11-/m1/s1. The van der Waals surface area contributed by atoms with Crippen LogP contribution in [0, 0.1) is 5.92 Å². The minimum atomic E-state index is -1.40. The van der Waals surface area contributed by atoms with Gasteiger partial charge in [-0.1, -0.05) is 13.8 Å². The van der Waals surface area contributed by atoms with E-state index in [0.29, 0.717) is 0 Å². The second kappa shape index (κ2) is 6.42. The summed E-state index contributed by atoms with van der Waals surface area (Å²) in [6.45, 7) is 3.07. The molecule has 0 saturated carbocycles. The van der Waals surface area contributed by atoms with Crippen LogP contribution < -0.4 is 11.2 Å². The SMILES string of the molecule is CC(C)C(=O)OC[C@H]1O[C@@H](n2ccc(=O)[nH]c2=O)[C@@H](O)C1O. The molecule has 1 aromatic rings. The molecular weight excluding hydrogens is 296 g/mol. The molecule has 9 nitrogen and oxygen atoms in total. The number of rotatable bonds is 4. The Bertz CT molecular complexity index is 650. The van der Waals surface area contributed by atoms with Gasteiger partial charge in [0.15, 0.2) is 6.23 Å². The Kier molecular flexibility index (Phi) is 4.79. The molecule has 22 heavy (non-hydrogen) atoms. The van der Waals surface area contributed by atoms with Gasteiger partial charge < -0.3 is 19.7 Å². The number of esters is 1. The molecule has 0 aromatic carbocycles. The maximum Gasteiger partial charge on any atom is 0.330 e. The number of aliphatic hydroxyl groups is 2. The van der Waals surface area contributed by atoms with Gasteiger partial charge in [0.25, 0.3) is 5.56 Å². The molecule has 0 radical (unpaired) electrons. The smallest absolute Gasteiger partial charge is 0.330 e. The molecule has 0 spiro atoms. The van der Waals surface area contributed by atoms with Gasteiger partial charge in [-0.2, -0.15) is 0 Å². The Hall–Kier alpha value is -1.97. The molecule has 2 heterocycles. The minimum absolute atomic E-state index is 0.246. The number of aliphatic hydroxyl groups excluding tert-OH is 2. The van der Waals surface area contributed by atoms with Gasteiger partial charge in [0.2, 0.25) is 0 Å². The van der Waals surface area contributed by atoms with Crippen molar-refractivity contribution in [2.45, 2.75) is 38.4 Å². The second-order valence-electron chi connectivity index (χ2n) is 5.35. The first-order chi connectivity index (χ1) is 10.3. The number of nitrogens with zero attached hydrogens (tertiary/aromatic N) is 1. The third kappa shape index (κ3) is 3.26. The molecule has 1 aromatic heterocycles. The van der Waals surface area contributed by atoms with Crippen LogP contribution in [0.4, 0.5) is 0 Å². The van der Waals surface area contributed by atoms with Crippen LogP contribution in [0.2, 0.25) is 0 Å². The lowest BCUT2D eigenvalue weighted by atomic mass is 10.1. The fourth-order valence-electron chi connectivity index (χ4n) is 2.06. The second-order valence-corrected chi connectivity index (χ2v) is 5.35. The van der Waals surface area contributed by atoms with E-state index in [1.54, 1.807) is 13.8 Å². The van der Waals surface area contributed by atoms with Gasteiger partial charge in [-0.15, -0.1) is 0 Å². The Morgan fingerprint density at radius 2 is 2.09 bits per heavy atom. The quantitative estimate of drug-likeness (QED) is 0.568. The normalized spacial score (nSPS) is 28.0. The van der Waals surface area contributed by atoms with Crippen molar-refractivity contribution in [1.29, 1.82) is 0 Å². The molecule has 0 amide bonds. The number of nitrogens with one attached hydrogen (secondary N) is 1. The summed E-state index contributed by atoms with van der Waals surface area (Å²) in [5, 5.41) is 19.9. The summed E-state index contributed by atoms with van der Waals surface area (Å²) < 4.78 is 11.3. The first-order valence-corrected chi connectivity index (χ1v) is 6.81. The van der Waals surface area contributed by atoms with Gasteiger partial charge >= 0.3 is 11.7 Å². The molecule has 1 unspecified atom stereocenters. The van der Waals surface area contributed by atoms with Gasteiger partial charge in [0.1, 0.15) is 24.9 Å². The molecule has 0 aliphatic carbocycles. The fourth-order valence-corrected chi connectivity index (χ4v) is 2.06. The van der Waals surface area contributed by atoms with Crippen LogP contribution in [0.3, 0.4) is 0 Å². The summed E-state index contributed by atoms with van der Waals surface area (Å²) in [7, 11) is 0. The lowest BCUT2D eigenvalue weighted by molar-refractivity contribution is -0.153. The third-order valence-corrected chi connectivity index (χ3v) is 3.32. The van der Waals surface area contributed by atoms with Crippen LogP contribution in [-0.2, 0) is 14.3 Å². The van der Waals surface area contributed by atoms with Crippen LogP contribution in [0.25, 0.3) is 0 Å². The van der Waals surface area contributed by atoms with Crippen LogP contribution in [-0.4, -0.2) is 50.7 Å². The topological polar surface area (TPSA) is 131 Å². The van der Waals surface area contributed by atoms with Crippen LogP contribution in [0.5, 0.6) is 0 Å². The van der Waals surface area contributed by atoms with Gasteiger partial charge in [-0.25, -0.2) is 4.79 Å². The fraction of sp³-hybridized carbons (Fsp3) is 0.615. The average molecular weight is 314 g/mol. The highest BCUT2D eigenvalue weighted by atomic mass is 16.6. The van der Waals surface area contributed by atoms with Crippen molar-refractivity contribution in [3.8, 4) is 0 Å². The van der Waals surface area contributed by atoms with Gasteiger partial charge in [0, 0.05) is 12.3 Å². The Morgan fingerprint density at radius 1 is 1.41 bits per heavy atom. The molecule has 4 atom stereocenters. The van der Waals surface area contributed by atoms with Crippen molar-refractivity contribution in [3.63, 3.8) is 0 Å². The average Bonchev–Trinajstić information content (AvgIpc) is 2.73. The maximum atomic E-state index is 11.7. The van der Waals surface area contributed by atoms with E-state index in [1.165, 1.54) is 0 Å². The first-order valence-electron chi connectivity index (χ1n) is 6.81. The molecule has 0 bridgehead atoms. The van der Waals surface area contributed by atoms with E-state index in [0.717, 1.165) is 16.8 Å². The first kappa shape index (κ1) is 16.4. The van der Waals surface area contributed by atoms with Crippen molar-refractivity contribution < 1.29 is 24.5 Å². The largest absolute Gasteiger partial charge is 0.463 e. The zero-order valence-electron chi connectivity index (χ0n) is 12.1. The van der Waals surface area contributed by atoms with E-state index >= 15 is 0 Å². The Balaban J connectivity index is 2.11. The monoisotopic (exact) mass is 314 g/mol. The predicted octanol–water partition coefficient (Wildman–Crippen LogP) is -1.64. The molecule has 1 aliphatic heterocycles. The van der Waals surface area contributed by atoms with E-state index < -0.39 is 41.8 Å². The number of H-pyrrole nitrogens is 1. The van der Waals surface area contributed by atoms with Crippen molar-refractivity contribution in [2.24, 2.45) is 5.92 Å². The van der Waals surface area contributed by atoms with Crippen LogP contribution >= 0.6 is 0 Å². The van der Waals surface area contributed by atoms with Crippen LogP contribution in [0.1, 0.15) is 20.1 Å². The molecule has 9 heteroatoms. The summed E-state index contributed by atoms with van der Waals surface area (Å²) in [4.78, 5) is 36.2. The summed E-state index contributed by atoms with van der Waals surface area (Å²) in [6.07, 6.45) is -3.72. The number of hydrogen-bond acceptors (Lipinski definition) is 7. The van der Waals surface area contributed by atoms with Crippen LogP contribution in [0.15, 0.2) is 21.9 Å². The number of aromatic nitrogens is 2. The summed E-state index contributed by atoms with van der Waals surface area (Å²) in [6, 6.07) is 1.09. The molecule has 122 valence electrons. The molecular formula is C13H18N2O7. The number of hydrogen-bond donors (Lipinski definition) is 3. The molecule has 1 saturated heterocycles. The maximum absolute atomic E-state index is 11.7. The third-order valence-electron chi connectivity index (χ3n) is 3.32. The number of aromatic amines is 1. The van der Waals surface area contributed by atoms with Gasteiger partial charge in [0.05, 0.1) is 5.92 Å². The molecule has 1 aliphatic rings. The van der Waals surface area contributed by atoms with E-state index in [-0.39, 0.29) is 12.5 Å². The van der Waals surface area contributed by atoms with Crippen molar-refractivity contribution in [3.05, 3.63) is 33.1 Å². The summed E-state index contributed by atoms with van der Waals surface area (Å²) in [5.41, 5.74) is -1.36. The zero-order chi connectivity index (χ0) is 16.4. The van der Waals surface area contributed by atoms with E-state index in [9.17, 15) is 24.6 Å². The Morgan fingerprint density at radius 3 is 2.68 bits per heavy atom. The number of carbonyl (C=O) groups excluding carboxylic acids is 1. The molecule has 3 N–H and O–H groups in total. The van der Waals surface area contributed by atoms with Gasteiger partial charge in [-0.05, 0) is 0 Å². The van der Waals surface area contributed by atoms with E-state index in [4.69, 9.17) is 9.47 Å². The summed E-state index contributed by atoms with van der Waals surface area (Å²) in [5.74, 6) is -0.795. The van der Waals surface area contributed by atoms with E-state index in [1.807, 2.05) is 4.98 Å². The lowest BCUT2D eigenvalue weighted by Crippen LogP contribution is -2.37. The van der Waals surface area contributed by atoms with Crippen molar-refractivity contribution in [2.75, 3.05) is 6.61 Å². The predicted molar refractivity (Wildman–Crippen MR) is 73.0 cm³/mol. The number of carbonyl (C=O) groups is 1. The minimum Gasteiger partial charge on any atom is -0.463 e. The Labute approximate surface area is 125 Å². The molecule has 1 fully saturated rings. The van der Waals surface area contributed by atoms with E-state index in [2.05, 4.69) is 0 Å². The van der Waals surface area contributed by atoms with Crippen molar-refractivity contribution in [1.82, 2.24) is 9.55 Å². The number of ether oxygens (including phenoxy) is 2. The molecule has 2 rings (SSSR count). The van der Waals surface area contributed by atoms with Crippen molar-refractivity contribution >= 4 is 5.97 Å². The highest BCUT2D eigenvalue weighted by Gasteiger charge is 2.44. The highest BCUT2D eigenvalue weighted by molar-refractivity contribution is 5.71. The van der Waals surface area contributed by atoms with Gasteiger partial charge in [-0.3, -0.25) is 19.1 Å². The highest BCUT2D eigenvalue weighted by Crippen LogP contribution is 2.28.